The quantitative estimate of drug-likeness (QED) is 0.777. The lowest BCUT2D eigenvalue weighted by Gasteiger charge is -2.19. The molecule has 1 aliphatic carbocycles. The third-order valence-corrected chi connectivity index (χ3v) is 3.05. The van der Waals surface area contributed by atoms with E-state index in [2.05, 4.69) is 27.1 Å². The summed E-state index contributed by atoms with van der Waals surface area (Å²) in [6.45, 7) is 7.22. The Bertz CT molecular complexity index is 355. The first-order valence-electron chi connectivity index (χ1n) is 6.28. The van der Waals surface area contributed by atoms with Crippen LogP contribution in [-0.2, 0) is 0 Å². The van der Waals surface area contributed by atoms with Gasteiger partial charge < -0.3 is 11.1 Å². The summed E-state index contributed by atoms with van der Waals surface area (Å²) in [5, 5.41) is 3.30. The first-order chi connectivity index (χ1) is 8.19. The molecule has 1 aromatic rings. The van der Waals surface area contributed by atoms with E-state index >= 15 is 0 Å². The molecular weight excluding hydrogens is 214 g/mol. The molecule has 5 nitrogen and oxygen atoms in total. The number of nitrogens with one attached hydrogen (secondary N) is 1. The highest BCUT2D eigenvalue weighted by Gasteiger charge is 2.27. The van der Waals surface area contributed by atoms with Gasteiger partial charge >= 0.3 is 0 Å². The molecule has 1 aliphatic rings. The van der Waals surface area contributed by atoms with E-state index in [1.807, 2.05) is 13.0 Å². The van der Waals surface area contributed by atoms with Crippen LogP contribution in [0.2, 0.25) is 0 Å². The number of hydrogen-bond donors (Lipinski definition) is 2. The third-order valence-electron chi connectivity index (χ3n) is 3.05. The van der Waals surface area contributed by atoms with Crippen LogP contribution in [0.1, 0.15) is 25.5 Å². The Morgan fingerprint density at radius 1 is 1.47 bits per heavy atom. The van der Waals surface area contributed by atoms with Crippen LogP contribution in [0.5, 0.6) is 0 Å². The minimum absolute atomic E-state index is 0.335. The minimum Gasteiger partial charge on any atom is -0.369 e. The summed E-state index contributed by atoms with van der Waals surface area (Å²) in [6.07, 6.45) is 2.71. The Morgan fingerprint density at radius 2 is 2.24 bits per heavy atom. The van der Waals surface area contributed by atoms with Gasteiger partial charge in [0.2, 0.25) is 5.95 Å². The summed E-state index contributed by atoms with van der Waals surface area (Å²) in [5.74, 6) is 1.16. The molecule has 0 aromatic carbocycles. The molecule has 3 N–H and O–H groups in total. The molecule has 0 saturated heterocycles. The van der Waals surface area contributed by atoms with Gasteiger partial charge in [-0.25, -0.2) is 4.98 Å². The normalized spacial score (nSPS) is 15.2. The summed E-state index contributed by atoms with van der Waals surface area (Å²) < 4.78 is 0. The molecule has 0 bridgehead atoms. The number of hydrogen-bond acceptors (Lipinski definition) is 5. The Labute approximate surface area is 102 Å². The zero-order chi connectivity index (χ0) is 12.3. The number of anilines is 2. The first-order valence-corrected chi connectivity index (χ1v) is 6.28. The van der Waals surface area contributed by atoms with Crippen molar-refractivity contribution in [2.45, 2.75) is 32.7 Å². The van der Waals surface area contributed by atoms with Crippen molar-refractivity contribution in [3.63, 3.8) is 0 Å². The van der Waals surface area contributed by atoms with Crippen molar-refractivity contribution >= 4 is 11.8 Å². The van der Waals surface area contributed by atoms with Gasteiger partial charge in [-0.1, -0.05) is 6.92 Å². The van der Waals surface area contributed by atoms with Crippen molar-refractivity contribution in [1.29, 1.82) is 0 Å². The molecule has 5 heteroatoms. The molecule has 0 aliphatic heterocycles. The van der Waals surface area contributed by atoms with Crippen LogP contribution >= 0.6 is 0 Å². The van der Waals surface area contributed by atoms with E-state index < -0.39 is 0 Å². The number of nitrogen functional groups attached to an aromatic ring is 1. The van der Waals surface area contributed by atoms with Crippen molar-refractivity contribution < 1.29 is 0 Å². The Balaban J connectivity index is 1.80. The molecule has 1 heterocycles. The lowest BCUT2D eigenvalue weighted by molar-refractivity contribution is 0.289. The minimum atomic E-state index is 0.335. The Hall–Kier alpha value is -1.36. The number of rotatable bonds is 6. The van der Waals surface area contributed by atoms with Gasteiger partial charge in [0.1, 0.15) is 5.82 Å². The largest absolute Gasteiger partial charge is 0.369 e. The van der Waals surface area contributed by atoms with E-state index in [1.54, 1.807) is 0 Å². The lowest BCUT2D eigenvalue weighted by Crippen LogP contribution is -2.31. The fourth-order valence-corrected chi connectivity index (χ4v) is 2.05. The van der Waals surface area contributed by atoms with Crippen LogP contribution in [0, 0.1) is 6.92 Å². The van der Waals surface area contributed by atoms with Crippen LogP contribution in [0.3, 0.4) is 0 Å². The zero-order valence-electron chi connectivity index (χ0n) is 10.6. The van der Waals surface area contributed by atoms with Gasteiger partial charge in [0.05, 0.1) is 0 Å². The summed E-state index contributed by atoms with van der Waals surface area (Å²) in [7, 11) is 0. The predicted molar refractivity (Wildman–Crippen MR) is 69.9 cm³/mol. The topological polar surface area (TPSA) is 67.1 Å². The van der Waals surface area contributed by atoms with Crippen molar-refractivity contribution in [3.05, 3.63) is 11.8 Å². The predicted octanol–water partition coefficient (Wildman–Crippen LogP) is 1.26. The SMILES string of the molecule is CCN(CCNc1cc(C)nc(N)n1)C1CC1. The molecule has 94 valence electrons. The monoisotopic (exact) mass is 235 g/mol. The number of likely N-dealkylation sites (N-methyl/N-ethyl adjacent to an activating group) is 1. The van der Waals surface area contributed by atoms with Crippen LogP contribution in [0.25, 0.3) is 0 Å². The van der Waals surface area contributed by atoms with Gasteiger partial charge in [0, 0.05) is 30.9 Å². The first kappa shape index (κ1) is 12.1. The molecule has 0 radical (unpaired) electrons. The maximum Gasteiger partial charge on any atom is 0.222 e. The van der Waals surface area contributed by atoms with Crippen LogP contribution < -0.4 is 11.1 Å². The third kappa shape index (κ3) is 3.56. The smallest absolute Gasteiger partial charge is 0.222 e. The van der Waals surface area contributed by atoms with Gasteiger partial charge in [-0.3, -0.25) is 4.90 Å². The fourth-order valence-electron chi connectivity index (χ4n) is 2.05. The van der Waals surface area contributed by atoms with Crippen molar-refractivity contribution in [2.75, 3.05) is 30.7 Å². The van der Waals surface area contributed by atoms with Crippen LogP contribution in [0.4, 0.5) is 11.8 Å². The molecule has 2 rings (SSSR count). The average Bonchev–Trinajstić information content (AvgIpc) is 3.07. The van der Waals surface area contributed by atoms with Crippen LogP contribution in [0.15, 0.2) is 6.07 Å². The van der Waals surface area contributed by atoms with Crippen molar-refractivity contribution in [2.24, 2.45) is 0 Å². The van der Waals surface area contributed by atoms with Gasteiger partial charge in [-0.05, 0) is 26.3 Å². The highest BCUT2D eigenvalue weighted by molar-refractivity contribution is 5.40. The standard InChI is InChI=1S/C12H21N5/c1-3-17(10-4-5-10)7-6-14-11-8-9(2)15-12(13)16-11/h8,10H,3-7H2,1-2H3,(H3,13,14,15,16). The van der Waals surface area contributed by atoms with Crippen molar-refractivity contribution in [1.82, 2.24) is 14.9 Å². The summed E-state index contributed by atoms with van der Waals surface area (Å²) in [5.41, 5.74) is 6.50. The van der Waals surface area contributed by atoms with E-state index in [0.717, 1.165) is 37.2 Å². The fraction of sp³-hybridized carbons (Fsp3) is 0.667. The average molecular weight is 235 g/mol. The molecule has 1 fully saturated rings. The van der Waals surface area contributed by atoms with Gasteiger partial charge in [-0.2, -0.15) is 4.98 Å². The number of aromatic nitrogens is 2. The molecule has 0 atom stereocenters. The Morgan fingerprint density at radius 3 is 2.82 bits per heavy atom. The number of nitrogens with zero attached hydrogens (tertiary/aromatic N) is 3. The van der Waals surface area contributed by atoms with Gasteiger partial charge in [0.15, 0.2) is 0 Å². The van der Waals surface area contributed by atoms with E-state index in [9.17, 15) is 0 Å². The van der Waals surface area contributed by atoms with E-state index in [1.165, 1.54) is 12.8 Å². The zero-order valence-corrected chi connectivity index (χ0v) is 10.6. The second kappa shape index (κ2) is 5.31. The maximum absolute atomic E-state index is 5.60. The lowest BCUT2D eigenvalue weighted by atomic mass is 10.4. The highest BCUT2D eigenvalue weighted by atomic mass is 15.2. The Kier molecular flexibility index (Phi) is 3.78. The highest BCUT2D eigenvalue weighted by Crippen LogP contribution is 2.25. The number of nitrogens with two attached hydrogens (primary N) is 1. The molecule has 0 unspecified atom stereocenters. The second-order valence-corrected chi connectivity index (χ2v) is 4.54. The van der Waals surface area contributed by atoms with E-state index in [-0.39, 0.29) is 0 Å². The molecule has 1 saturated carbocycles. The van der Waals surface area contributed by atoms with Crippen LogP contribution in [-0.4, -0.2) is 40.5 Å². The summed E-state index contributed by atoms with van der Waals surface area (Å²) in [6, 6.07) is 2.74. The summed E-state index contributed by atoms with van der Waals surface area (Å²) >= 11 is 0. The van der Waals surface area contributed by atoms with Gasteiger partial charge in [-0.15, -0.1) is 0 Å². The van der Waals surface area contributed by atoms with E-state index in [0.29, 0.717) is 5.95 Å². The molecule has 17 heavy (non-hydrogen) atoms. The number of aryl methyl sites for hydroxylation is 1. The molecule has 1 aromatic heterocycles. The maximum atomic E-state index is 5.60. The van der Waals surface area contributed by atoms with Gasteiger partial charge in [0.25, 0.3) is 0 Å². The second-order valence-electron chi connectivity index (χ2n) is 4.54. The molecule has 0 spiro atoms. The van der Waals surface area contributed by atoms with Crippen molar-refractivity contribution in [3.8, 4) is 0 Å². The van der Waals surface area contributed by atoms with E-state index in [4.69, 9.17) is 5.73 Å². The molecular formula is C12H21N5. The molecule has 0 amide bonds. The summed E-state index contributed by atoms with van der Waals surface area (Å²) in [4.78, 5) is 10.7.